The Kier molecular flexibility index (Phi) is 5.05. The van der Waals surface area contributed by atoms with Crippen LogP contribution in [0.2, 0.25) is 8.67 Å². The topological polar surface area (TPSA) is 34.1 Å². The van der Waals surface area contributed by atoms with E-state index in [-0.39, 0.29) is 6.04 Å². The maximum absolute atomic E-state index is 6.14. The van der Waals surface area contributed by atoms with Crippen molar-refractivity contribution in [3.63, 3.8) is 0 Å². The SMILES string of the molecule is COc1ncccc1CNC(C)c1cc(Cl)sc1Cl. The molecule has 0 aliphatic heterocycles. The van der Waals surface area contributed by atoms with E-state index in [1.165, 1.54) is 11.3 Å². The molecule has 0 radical (unpaired) electrons. The largest absolute Gasteiger partial charge is 0.481 e. The minimum absolute atomic E-state index is 0.112. The number of pyridine rings is 1. The lowest BCUT2D eigenvalue weighted by Crippen LogP contribution is -2.18. The molecule has 2 aromatic rings. The first-order valence-corrected chi connectivity index (χ1v) is 7.35. The Bertz CT molecular complexity index is 559. The van der Waals surface area contributed by atoms with Gasteiger partial charge in [0.05, 0.1) is 15.8 Å². The van der Waals surface area contributed by atoms with Crippen LogP contribution < -0.4 is 10.1 Å². The van der Waals surface area contributed by atoms with Crippen molar-refractivity contribution in [1.82, 2.24) is 10.3 Å². The van der Waals surface area contributed by atoms with Gasteiger partial charge >= 0.3 is 0 Å². The van der Waals surface area contributed by atoms with Crippen LogP contribution in [0.1, 0.15) is 24.1 Å². The van der Waals surface area contributed by atoms with E-state index in [0.29, 0.717) is 16.8 Å². The first-order valence-electron chi connectivity index (χ1n) is 5.77. The van der Waals surface area contributed by atoms with Gasteiger partial charge in [-0.3, -0.25) is 0 Å². The number of methoxy groups -OCH3 is 1. The Hall–Kier alpha value is -0.810. The van der Waals surface area contributed by atoms with E-state index in [2.05, 4.69) is 10.3 Å². The zero-order chi connectivity index (χ0) is 13.8. The second kappa shape index (κ2) is 6.57. The zero-order valence-corrected chi connectivity index (χ0v) is 12.9. The smallest absolute Gasteiger partial charge is 0.217 e. The highest BCUT2D eigenvalue weighted by molar-refractivity contribution is 7.20. The van der Waals surface area contributed by atoms with Crippen molar-refractivity contribution < 1.29 is 4.74 Å². The third-order valence-electron chi connectivity index (χ3n) is 2.79. The van der Waals surface area contributed by atoms with Gasteiger partial charge in [0.2, 0.25) is 5.88 Å². The van der Waals surface area contributed by atoms with Crippen LogP contribution >= 0.6 is 34.5 Å². The lowest BCUT2D eigenvalue weighted by Gasteiger charge is -2.14. The summed E-state index contributed by atoms with van der Waals surface area (Å²) in [6, 6.07) is 5.88. The summed E-state index contributed by atoms with van der Waals surface area (Å²) in [6.07, 6.45) is 1.71. The number of nitrogens with one attached hydrogen (secondary N) is 1. The van der Waals surface area contributed by atoms with Gasteiger partial charge in [-0.25, -0.2) is 4.98 Å². The number of aromatic nitrogens is 1. The monoisotopic (exact) mass is 316 g/mol. The molecule has 3 nitrogen and oxygen atoms in total. The van der Waals surface area contributed by atoms with E-state index < -0.39 is 0 Å². The number of hydrogen-bond acceptors (Lipinski definition) is 4. The second-order valence-corrected chi connectivity index (χ2v) is 6.34. The molecule has 2 heterocycles. The number of ether oxygens (including phenoxy) is 1. The van der Waals surface area contributed by atoms with E-state index >= 15 is 0 Å². The Morgan fingerprint density at radius 2 is 2.26 bits per heavy atom. The maximum atomic E-state index is 6.14. The van der Waals surface area contributed by atoms with Crippen LogP contribution in [-0.2, 0) is 6.54 Å². The minimum Gasteiger partial charge on any atom is -0.481 e. The van der Waals surface area contributed by atoms with Gasteiger partial charge in [-0.15, -0.1) is 11.3 Å². The molecule has 0 bridgehead atoms. The molecule has 19 heavy (non-hydrogen) atoms. The van der Waals surface area contributed by atoms with Crippen molar-refractivity contribution in [3.8, 4) is 5.88 Å². The van der Waals surface area contributed by atoms with Crippen LogP contribution in [0.25, 0.3) is 0 Å². The highest BCUT2D eigenvalue weighted by Gasteiger charge is 2.13. The van der Waals surface area contributed by atoms with Crippen LogP contribution in [0.3, 0.4) is 0 Å². The number of hydrogen-bond donors (Lipinski definition) is 1. The average Bonchev–Trinajstić information content (AvgIpc) is 2.75. The van der Waals surface area contributed by atoms with Gasteiger partial charge in [-0.1, -0.05) is 29.3 Å². The molecule has 0 fully saturated rings. The Labute approximate surface area is 126 Å². The molecule has 1 N–H and O–H groups in total. The lowest BCUT2D eigenvalue weighted by atomic mass is 10.1. The summed E-state index contributed by atoms with van der Waals surface area (Å²) >= 11 is 13.5. The molecule has 1 unspecified atom stereocenters. The van der Waals surface area contributed by atoms with Gasteiger partial charge in [0.15, 0.2) is 0 Å². The number of rotatable bonds is 5. The second-order valence-electron chi connectivity index (χ2n) is 4.05. The number of thiophene rings is 1. The van der Waals surface area contributed by atoms with E-state index in [9.17, 15) is 0 Å². The standard InChI is InChI=1S/C13H14Cl2N2OS/c1-8(10-6-11(14)19-12(10)15)17-7-9-4-3-5-16-13(9)18-2/h3-6,8,17H,7H2,1-2H3. The molecule has 0 aromatic carbocycles. The molecule has 1 atom stereocenters. The van der Waals surface area contributed by atoms with Crippen molar-refractivity contribution in [2.75, 3.05) is 7.11 Å². The number of nitrogens with zero attached hydrogens (tertiary/aromatic N) is 1. The fourth-order valence-corrected chi connectivity index (χ4v) is 3.41. The summed E-state index contributed by atoms with van der Waals surface area (Å²) in [6.45, 7) is 2.70. The molecule has 2 aromatic heterocycles. The quantitative estimate of drug-likeness (QED) is 0.892. The fraction of sp³-hybridized carbons (Fsp3) is 0.308. The predicted molar refractivity (Wildman–Crippen MR) is 80.4 cm³/mol. The molecule has 102 valence electrons. The predicted octanol–water partition coefficient (Wildman–Crippen LogP) is 4.31. The molecule has 0 saturated carbocycles. The van der Waals surface area contributed by atoms with Crippen molar-refractivity contribution in [1.29, 1.82) is 0 Å². The number of halogens is 2. The Balaban J connectivity index is 2.04. The Morgan fingerprint density at radius 1 is 1.47 bits per heavy atom. The molecule has 2 rings (SSSR count). The van der Waals surface area contributed by atoms with Crippen LogP contribution in [0.4, 0.5) is 0 Å². The van der Waals surface area contributed by atoms with Crippen LogP contribution in [0.15, 0.2) is 24.4 Å². The van der Waals surface area contributed by atoms with Gasteiger partial charge in [-0.2, -0.15) is 0 Å². The third-order valence-corrected chi connectivity index (χ3v) is 4.31. The van der Waals surface area contributed by atoms with Crippen molar-refractivity contribution in [2.24, 2.45) is 0 Å². The third kappa shape index (κ3) is 3.60. The Morgan fingerprint density at radius 3 is 2.89 bits per heavy atom. The van der Waals surface area contributed by atoms with E-state index in [1.54, 1.807) is 13.3 Å². The zero-order valence-electron chi connectivity index (χ0n) is 10.6. The molecular weight excluding hydrogens is 303 g/mol. The first kappa shape index (κ1) is 14.6. The summed E-state index contributed by atoms with van der Waals surface area (Å²) in [5.41, 5.74) is 2.02. The van der Waals surface area contributed by atoms with Crippen molar-refractivity contribution in [3.05, 3.63) is 44.2 Å². The highest BCUT2D eigenvalue weighted by atomic mass is 35.5. The normalized spacial score (nSPS) is 12.4. The molecule has 0 saturated heterocycles. The summed E-state index contributed by atoms with van der Waals surface area (Å²) < 4.78 is 6.64. The van der Waals surface area contributed by atoms with Crippen molar-refractivity contribution >= 4 is 34.5 Å². The van der Waals surface area contributed by atoms with Crippen LogP contribution in [-0.4, -0.2) is 12.1 Å². The summed E-state index contributed by atoms with van der Waals surface area (Å²) in [4.78, 5) is 4.16. The highest BCUT2D eigenvalue weighted by Crippen LogP contribution is 2.35. The van der Waals surface area contributed by atoms with Crippen LogP contribution in [0.5, 0.6) is 5.88 Å². The molecule has 0 amide bonds. The molecule has 0 spiro atoms. The van der Waals surface area contributed by atoms with Gasteiger partial charge in [0, 0.05) is 24.3 Å². The molecule has 6 heteroatoms. The lowest BCUT2D eigenvalue weighted by molar-refractivity contribution is 0.389. The minimum atomic E-state index is 0.112. The van der Waals surface area contributed by atoms with E-state index in [4.69, 9.17) is 27.9 Å². The van der Waals surface area contributed by atoms with E-state index in [1.807, 2.05) is 25.1 Å². The van der Waals surface area contributed by atoms with Gasteiger partial charge in [-0.05, 0) is 24.6 Å². The fourth-order valence-electron chi connectivity index (χ4n) is 1.76. The summed E-state index contributed by atoms with van der Waals surface area (Å²) in [5, 5.41) is 3.39. The molecule has 0 aliphatic rings. The van der Waals surface area contributed by atoms with Crippen LogP contribution in [0, 0.1) is 0 Å². The van der Waals surface area contributed by atoms with Gasteiger partial charge in [0.25, 0.3) is 0 Å². The average molecular weight is 317 g/mol. The maximum Gasteiger partial charge on any atom is 0.217 e. The first-order chi connectivity index (χ1) is 9.11. The van der Waals surface area contributed by atoms with Gasteiger partial charge in [0.1, 0.15) is 0 Å². The summed E-state index contributed by atoms with van der Waals surface area (Å²) in [5.74, 6) is 0.636. The molecular formula is C13H14Cl2N2OS. The van der Waals surface area contributed by atoms with E-state index in [0.717, 1.165) is 15.5 Å². The van der Waals surface area contributed by atoms with Crippen molar-refractivity contribution in [2.45, 2.75) is 19.5 Å². The summed E-state index contributed by atoms with van der Waals surface area (Å²) in [7, 11) is 1.62. The molecule has 0 aliphatic carbocycles. The van der Waals surface area contributed by atoms with Gasteiger partial charge < -0.3 is 10.1 Å².